The summed E-state index contributed by atoms with van der Waals surface area (Å²) in [4.78, 5) is 6.54. The number of anilines is 1. The maximum Gasteiger partial charge on any atom is 0.128 e. The Bertz CT molecular complexity index is 587. The average molecular weight is 369 g/mol. The molecule has 0 saturated carbocycles. The molecule has 5 heteroatoms. The third kappa shape index (κ3) is 4.70. The van der Waals surface area contributed by atoms with E-state index in [1.807, 2.05) is 13.1 Å². The van der Waals surface area contributed by atoms with Gasteiger partial charge in [0.1, 0.15) is 5.82 Å². The van der Waals surface area contributed by atoms with Gasteiger partial charge in [0, 0.05) is 30.8 Å². The largest absolute Gasteiger partial charge is 0.355 e. The SMILES string of the molecule is CCNCc1cc(N(C)Cc2ccc(Br)cc2)ncc1Cl. The molecular weight excluding hydrogens is 350 g/mol. The lowest BCUT2D eigenvalue weighted by Gasteiger charge is -2.19. The van der Waals surface area contributed by atoms with Crippen molar-refractivity contribution < 1.29 is 0 Å². The van der Waals surface area contributed by atoms with Gasteiger partial charge in [-0.25, -0.2) is 4.98 Å². The zero-order valence-corrected chi connectivity index (χ0v) is 14.6. The molecule has 0 radical (unpaired) electrons. The first-order valence-corrected chi connectivity index (χ1v) is 8.08. The Hall–Kier alpha value is -1.10. The number of hydrogen-bond acceptors (Lipinski definition) is 3. The lowest BCUT2D eigenvalue weighted by atomic mass is 10.2. The second-order valence-electron chi connectivity index (χ2n) is 4.90. The molecule has 2 aromatic rings. The van der Waals surface area contributed by atoms with Crippen LogP contribution in [0.3, 0.4) is 0 Å². The first kappa shape index (κ1) is 16.3. The molecule has 0 spiro atoms. The Labute approximate surface area is 139 Å². The number of benzene rings is 1. The van der Waals surface area contributed by atoms with E-state index in [9.17, 15) is 0 Å². The second kappa shape index (κ2) is 7.78. The van der Waals surface area contributed by atoms with Crippen LogP contribution in [0, 0.1) is 0 Å². The zero-order valence-electron chi connectivity index (χ0n) is 12.2. The van der Waals surface area contributed by atoms with E-state index in [1.54, 1.807) is 6.20 Å². The third-order valence-electron chi connectivity index (χ3n) is 3.21. The Morgan fingerprint density at radius 1 is 1.29 bits per heavy atom. The maximum atomic E-state index is 6.19. The highest BCUT2D eigenvalue weighted by Crippen LogP contribution is 2.21. The van der Waals surface area contributed by atoms with Crippen LogP contribution in [-0.4, -0.2) is 18.6 Å². The van der Waals surface area contributed by atoms with Crippen molar-refractivity contribution in [3.8, 4) is 0 Å². The minimum atomic E-state index is 0.705. The highest BCUT2D eigenvalue weighted by Gasteiger charge is 2.08. The van der Waals surface area contributed by atoms with Gasteiger partial charge in [-0.05, 0) is 35.9 Å². The predicted molar refractivity (Wildman–Crippen MR) is 92.9 cm³/mol. The molecule has 0 aliphatic heterocycles. The summed E-state index contributed by atoms with van der Waals surface area (Å²) in [6.07, 6.45) is 1.72. The van der Waals surface area contributed by atoms with Crippen molar-refractivity contribution in [3.63, 3.8) is 0 Å². The smallest absolute Gasteiger partial charge is 0.128 e. The van der Waals surface area contributed by atoms with Crippen LogP contribution in [0.5, 0.6) is 0 Å². The molecule has 112 valence electrons. The molecule has 3 nitrogen and oxygen atoms in total. The number of pyridine rings is 1. The lowest BCUT2D eigenvalue weighted by molar-refractivity contribution is 0.725. The number of halogens is 2. The van der Waals surface area contributed by atoms with Crippen LogP contribution < -0.4 is 10.2 Å². The van der Waals surface area contributed by atoms with Gasteiger partial charge in [0.25, 0.3) is 0 Å². The van der Waals surface area contributed by atoms with Gasteiger partial charge in [-0.3, -0.25) is 0 Å². The first-order valence-electron chi connectivity index (χ1n) is 6.91. The fraction of sp³-hybridized carbons (Fsp3) is 0.312. The molecular formula is C16H19BrClN3. The predicted octanol–water partition coefficient (Wildman–Crippen LogP) is 4.24. The van der Waals surface area contributed by atoms with Crippen molar-refractivity contribution >= 4 is 33.3 Å². The van der Waals surface area contributed by atoms with Gasteiger partial charge >= 0.3 is 0 Å². The molecule has 0 saturated heterocycles. The van der Waals surface area contributed by atoms with E-state index in [0.29, 0.717) is 5.02 Å². The summed E-state index contributed by atoms with van der Waals surface area (Å²) in [6, 6.07) is 10.4. The highest BCUT2D eigenvalue weighted by molar-refractivity contribution is 9.10. The normalized spacial score (nSPS) is 10.7. The molecule has 1 heterocycles. The standard InChI is InChI=1S/C16H19BrClN3/c1-3-19-9-13-8-16(20-10-15(13)18)21(2)11-12-4-6-14(17)7-5-12/h4-8,10,19H,3,9,11H2,1-2H3. The van der Waals surface area contributed by atoms with Gasteiger partial charge in [0.05, 0.1) is 5.02 Å². The first-order chi connectivity index (χ1) is 10.1. The molecule has 0 fully saturated rings. The minimum Gasteiger partial charge on any atom is -0.355 e. The van der Waals surface area contributed by atoms with Crippen LogP contribution >= 0.6 is 27.5 Å². The van der Waals surface area contributed by atoms with Crippen molar-refractivity contribution in [2.75, 3.05) is 18.5 Å². The van der Waals surface area contributed by atoms with Gasteiger partial charge in [0.15, 0.2) is 0 Å². The van der Waals surface area contributed by atoms with Crippen molar-refractivity contribution in [2.45, 2.75) is 20.0 Å². The molecule has 0 atom stereocenters. The van der Waals surface area contributed by atoms with Crippen LogP contribution in [0.2, 0.25) is 5.02 Å². The van der Waals surface area contributed by atoms with E-state index < -0.39 is 0 Å². The molecule has 21 heavy (non-hydrogen) atoms. The van der Waals surface area contributed by atoms with E-state index >= 15 is 0 Å². The summed E-state index contributed by atoms with van der Waals surface area (Å²) in [7, 11) is 2.04. The van der Waals surface area contributed by atoms with Crippen LogP contribution in [0.15, 0.2) is 41.0 Å². The van der Waals surface area contributed by atoms with Crippen LogP contribution in [0.1, 0.15) is 18.1 Å². The van der Waals surface area contributed by atoms with Crippen LogP contribution in [-0.2, 0) is 13.1 Å². The number of rotatable bonds is 6. The summed E-state index contributed by atoms with van der Waals surface area (Å²) < 4.78 is 1.09. The Morgan fingerprint density at radius 3 is 2.67 bits per heavy atom. The van der Waals surface area contributed by atoms with E-state index in [2.05, 4.69) is 62.3 Å². The number of nitrogens with one attached hydrogen (secondary N) is 1. The van der Waals surface area contributed by atoms with Gasteiger partial charge in [0.2, 0.25) is 0 Å². The Morgan fingerprint density at radius 2 is 2.00 bits per heavy atom. The summed E-state index contributed by atoms with van der Waals surface area (Å²) >= 11 is 9.64. The molecule has 0 bridgehead atoms. The Kier molecular flexibility index (Phi) is 6.03. The van der Waals surface area contributed by atoms with Crippen molar-refractivity contribution in [2.24, 2.45) is 0 Å². The molecule has 1 aromatic carbocycles. The monoisotopic (exact) mass is 367 g/mol. The Balaban J connectivity index is 2.11. The molecule has 0 aliphatic carbocycles. The molecule has 0 amide bonds. The fourth-order valence-electron chi connectivity index (χ4n) is 2.02. The quantitative estimate of drug-likeness (QED) is 0.826. The highest BCUT2D eigenvalue weighted by atomic mass is 79.9. The van der Waals surface area contributed by atoms with E-state index in [1.165, 1.54) is 5.56 Å². The number of aromatic nitrogens is 1. The molecule has 1 N–H and O–H groups in total. The van der Waals surface area contributed by atoms with Crippen LogP contribution in [0.4, 0.5) is 5.82 Å². The lowest BCUT2D eigenvalue weighted by Crippen LogP contribution is -2.19. The second-order valence-corrected chi connectivity index (χ2v) is 6.22. The maximum absolute atomic E-state index is 6.19. The molecule has 1 aromatic heterocycles. The fourth-order valence-corrected chi connectivity index (χ4v) is 2.45. The van der Waals surface area contributed by atoms with Gasteiger partial charge in [-0.2, -0.15) is 0 Å². The summed E-state index contributed by atoms with van der Waals surface area (Å²) in [5, 5.41) is 4.00. The van der Waals surface area contributed by atoms with Crippen LogP contribution in [0.25, 0.3) is 0 Å². The van der Waals surface area contributed by atoms with Gasteiger partial charge < -0.3 is 10.2 Å². The van der Waals surface area contributed by atoms with Gasteiger partial charge in [-0.1, -0.05) is 46.6 Å². The summed E-state index contributed by atoms with van der Waals surface area (Å²) in [5.41, 5.74) is 2.32. The van der Waals surface area contributed by atoms with Crippen molar-refractivity contribution in [1.29, 1.82) is 0 Å². The topological polar surface area (TPSA) is 28.2 Å². The van der Waals surface area contributed by atoms with E-state index in [-0.39, 0.29) is 0 Å². The number of nitrogens with zero attached hydrogens (tertiary/aromatic N) is 2. The zero-order chi connectivity index (χ0) is 15.2. The summed E-state index contributed by atoms with van der Waals surface area (Å²) in [5.74, 6) is 0.926. The molecule has 2 rings (SSSR count). The summed E-state index contributed by atoms with van der Waals surface area (Å²) in [6.45, 7) is 4.57. The number of hydrogen-bond donors (Lipinski definition) is 1. The molecule has 0 unspecified atom stereocenters. The van der Waals surface area contributed by atoms with Crippen molar-refractivity contribution in [3.05, 3.63) is 57.2 Å². The van der Waals surface area contributed by atoms with Gasteiger partial charge in [-0.15, -0.1) is 0 Å². The average Bonchev–Trinajstić information content (AvgIpc) is 2.48. The third-order valence-corrected chi connectivity index (χ3v) is 4.08. The molecule has 0 aliphatic rings. The van der Waals surface area contributed by atoms with E-state index in [4.69, 9.17) is 11.6 Å². The van der Waals surface area contributed by atoms with E-state index in [0.717, 1.165) is 35.5 Å². The van der Waals surface area contributed by atoms with Crippen molar-refractivity contribution in [1.82, 2.24) is 10.3 Å². The minimum absolute atomic E-state index is 0.705.